The first kappa shape index (κ1) is 22.3. The van der Waals surface area contributed by atoms with Crippen molar-refractivity contribution in [2.24, 2.45) is 5.73 Å². The van der Waals surface area contributed by atoms with Gasteiger partial charge < -0.3 is 20.1 Å². The molecule has 0 aliphatic carbocycles. The molecule has 0 radical (unpaired) electrons. The van der Waals surface area contributed by atoms with Gasteiger partial charge in [-0.1, -0.05) is 6.07 Å². The molecule has 1 aromatic carbocycles. The highest BCUT2D eigenvalue weighted by molar-refractivity contribution is 5.90. The van der Waals surface area contributed by atoms with Gasteiger partial charge in [-0.2, -0.15) is 5.26 Å². The SMILES string of the molecule is CCn1c(CC[C@@H]2CCCN2C(=O)[C@H]2CCCN2C(=O)[C@H](C)N)cc2ccc(C#N)cc21. The summed E-state index contributed by atoms with van der Waals surface area (Å²) >= 11 is 0. The number of nitrogens with zero attached hydrogens (tertiary/aromatic N) is 4. The van der Waals surface area contributed by atoms with Crippen LogP contribution >= 0.6 is 0 Å². The molecule has 0 bridgehead atoms. The van der Waals surface area contributed by atoms with E-state index in [0.29, 0.717) is 12.1 Å². The van der Waals surface area contributed by atoms with E-state index in [4.69, 9.17) is 5.73 Å². The molecule has 2 aromatic rings. The lowest BCUT2D eigenvalue weighted by Crippen LogP contribution is -2.52. The molecule has 2 N–H and O–H groups in total. The first-order valence-electron chi connectivity index (χ1n) is 11.8. The summed E-state index contributed by atoms with van der Waals surface area (Å²) in [6, 6.07) is 9.53. The first-order chi connectivity index (χ1) is 15.4. The van der Waals surface area contributed by atoms with Crippen LogP contribution < -0.4 is 5.73 Å². The second-order valence-electron chi connectivity index (χ2n) is 9.11. The molecule has 0 spiro atoms. The minimum absolute atomic E-state index is 0.0914. The summed E-state index contributed by atoms with van der Waals surface area (Å²) in [6.07, 6.45) is 5.38. The van der Waals surface area contributed by atoms with Gasteiger partial charge in [0.2, 0.25) is 11.8 Å². The maximum Gasteiger partial charge on any atom is 0.245 e. The van der Waals surface area contributed by atoms with Crippen LogP contribution in [0, 0.1) is 11.3 Å². The second kappa shape index (κ2) is 9.33. The number of aryl methyl sites for hydroxylation is 2. The zero-order valence-electron chi connectivity index (χ0n) is 19.1. The second-order valence-corrected chi connectivity index (χ2v) is 9.11. The van der Waals surface area contributed by atoms with E-state index in [9.17, 15) is 14.9 Å². The highest BCUT2D eigenvalue weighted by atomic mass is 16.2. The van der Waals surface area contributed by atoms with Gasteiger partial charge in [0.05, 0.1) is 17.7 Å². The molecule has 2 aliphatic heterocycles. The van der Waals surface area contributed by atoms with Gasteiger partial charge in [-0.3, -0.25) is 9.59 Å². The van der Waals surface area contributed by atoms with Crippen LogP contribution in [0.5, 0.6) is 0 Å². The summed E-state index contributed by atoms with van der Waals surface area (Å²) in [5.74, 6) is -0.0329. The van der Waals surface area contributed by atoms with E-state index in [2.05, 4.69) is 23.6 Å². The lowest BCUT2D eigenvalue weighted by Gasteiger charge is -2.32. The fourth-order valence-corrected chi connectivity index (χ4v) is 5.44. The Morgan fingerprint density at radius 3 is 2.66 bits per heavy atom. The summed E-state index contributed by atoms with van der Waals surface area (Å²) in [7, 11) is 0. The zero-order valence-corrected chi connectivity index (χ0v) is 19.1. The van der Waals surface area contributed by atoms with Gasteiger partial charge in [0.25, 0.3) is 0 Å². The van der Waals surface area contributed by atoms with Crippen LogP contribution in [0.15, 0.2) is 24.3 Å². The molecule has 7 nitrogen and oxygen atoms in total. The maximum atomic E-state index is 13.4. The van der Waals surface area contributed by atoms with Gasteiger partial charge in [0.1, 0.15) is 6.04 Å². The van der Waals surface area contributed by atoms with E-state index in [1.54, 1.807) is 11.8 Å². The van der Waals surface area contributed by atoms with Gasteiger partial charge in [-0.05, 0) is 76.0 Å². The van der Waals surface area contributed by atoms with Crippen molar-refractivity contribution in [3.8, 4) is 6.07 Å². The Labute approximate surface area is 189 Å². The average Bonchev–Trinajstić information content (AvgIpc) is 3.53. The van der Waals surface area contributed by atoms with Crippen molar-refractivity contribution < 1.29 is 9.59 Å². The lowest BCUT2D eigenvalue weighted by atomic mass is 10.1. The molecule has 4 rings (SSSR count). The predicted octanol–water partition coefficient (Wildman–Crippen LogP) is 2.79. The molecule has 2 fully saturated rings. The summed E-state index contributed by atoms with van der Waals surface area (Å²) in [4.78, 5) is 29.6. The van der Waals surface area contributed by atoms with Crippen molar-refractivity contribution in [3.63, 3.8) is 0 Å². The number of likely N-dealkylation sites (tertiary alicyclic amines) is 2. The van der Waals surface area contributed by atoms with E-state index in [-0.39, 0.29) is 23.9 Å². The fraction of sp³-hybridized carbons (Fsp3) is 0.560. The number of carbonyl (C=O) groups excluding carboxylic acids is 2. The highest BCUT2D eigenvalue weighted by Gasteiger charge is 2.40. The highest BCUT2D eigenvalue weighted by Crippen LogP contribution is 2.29. The summed E-state index contributed by atoms with van der Waals surface area (Å²) in [6.45, 7) is 6.04. The number of carbonyl (C=O) groups is 2. The van der Waals surface area contributed by atoms with Crippen molar-refractivity contribution in [1.29, 1.82) is 5.26 Å². The Balaban J connectivity index is 1.47. The normalized spacial score (nSPS) is 21.8. The van der Waals surface area contributed by atoms with Crippen molar-refractivity contribution in [2.45, 2.75) is 77.0 Å². The van der Waals surface area contributed by atoms with Crippen molar-refractivity contribution in [1.82, 2.24) is 14.4 Å². The molecule has 1 aromatic heterocycles. The van der Waals surface area contributed by atoms with Crippen LogP contribution in [0.3, 0.4) is 0 Å². The summed E-state index contributed by atoms with van der Waals surface area (Å²) < 4.78 is 2.28. The summed E-state index contributed by atoms with van der Waals surface area (Å²) in [5, 5.41) is 10.4. The van der Waals surface area contributed by atoms with E-state index < -0.39 is 6.04 Å². The molecule has 32 heavy (non-hydrogen) atoms. The zero-order chi connectivity index (χ0) is 22.8. The van der Waals surface area contributed by atoms with Gasteiger partial charge in [0, 0.05) is 36.9 Å². The number of hydrogen-bond acceptors (Lipinski definition) is 4. The minimum Gasteiger partial charge on any atom is -0.345 e. The Kier molecular flexibility index (Phi) is 6.52. The van der Waals surface area contributed by atoms with E-state index in [1.807, 2.05) is 23.1 Å². The Morgan fingerprint density at radius 2 is 1.94 bits per heavy atom. The minimum atomic E-state index is -0.574. The standard InChI is InChI=1S/C25H33N5O2/c1-3-28-21(15-19-9-8-18(16-26)14-23(19)28)11-10-20-6-4-12-29(20)25(32)22-7-5-13-30(22)24(31)17(2)27/h8-9,14-15,17,20,22H,3-7,10-13,27H2,1-2H3/t17-,20-,22+/m0/s1. The Bertz CT molecular complexity index is 1050. The molecule has 3 atom stereocenters. The molecule has 7 heteroatoms. The number of aromatic nitrogens is 1. The predicted molar refractivity (Wildman–Crippen MR) is 124 cm³/mol. The third kappa shape index (κ3) is 4.12. The molecule has 3 heterocycles. The van der Waals surface area contributed by atoms with Crippen LogP contribution in [-0.2, 0) is 22.6 Å². The molecule has 170 valence electrons. The number of fused-ring (bicyclic) bond motifs is 1. The number of amides is 2. The molecule has 2 amide bonds. The molecule has 2 saturated heterocycles. The molecule has 0 unspecified atom stereocenters. The number of hydrogen-bond donors (Lipinski definition) is 1. The van der Waals surface area contributed by atoms with Gasteiger partial charge >= 0.3 is 0 Å². The molecular formula is C25H33N5O2. The van der Waals surface area contributed by atoms with Crippen molar-refractivity contribution in [2.75, 3.05) is 13.1 Å². The Hall–Kier alpha value is -2.85. The maximum absolute atomic E-state index is 13.4. The smallest absolute Gasteiger partial charge is 0.245 e. The summed E-state index contributed by atoms with van der Waals surface area (Å²) in [5.41, 5.74) is 8.82. The third-order valence-corrected chi connectivity index (χ3v) is 7.04. The molecular weight excluding hydrogens is 402 g/mol. The van der Waals surface area contributed by atoms with E-state index in [1.165, 1.54) is 5.69 Å². The molecule has 0 saturated carbocycles. The fourth-order valence-electron chi connectivity index (χ4n) is 5.44. The van der Waals surface area contributed by atoms with Crippen LogP contribution in [0.4, 0.5) is 0 Å². The number of nitrogens with two attached hydrogens (primary N) is 1. The van der Waals surface area contributed by atoms with E-state index >= 15 is 0 Å². The monoisotopic (exact) mass is 435 g/mol. The quantitative estimate of drug-likeness (QED) is 0.755. The van der Waals surface area contributed by atoms with Gasteiger partial charge in [0.15, 0.2) is 0 Å². The number of benzene rings is 1. The molecule has 2 aliphatic rings. The Morgan fingerprint density at radius 1 is 1.19 bits per heavy atom. The van der Waals surface area contributed by atoms with Crippen LogP contribution in [0.1, 0.15) is 57.2 Å². The van der Waals surface area contributed by atoms with Gasteiger partial charge in [-0.25, -0.2) is 0 Å². The van der Waals surface area contributed by atoms with Gasteiger partial charge in [-0.15, -0.1) is 0 Å². The van der Waals surface area contributed by atoms with Crippen LogP contribution in [0.2, 0.25) is 0 Å². The number of nitriles is 1. The largest absolute Gasteiger partial charge is 0.345 e. The van der Waals surface area contributed by atoms with Crippen molar-refractivity contribution >= 4 is 22.7 Å². The number of rotatable bonds is 6. The van der Waals surface area contributed by atoms with E-state index in [0.717, 1.165) is 62.5 Å². The third-order valence-electron chi connectivity index (χ3n) is 7.04. The first-order valence-corrected chi connectivity index (χ1v) is 11.8. The van der Waals surface area contributed by atoms with Crippen molar-refractivity contribution in [3.05, 3.63) is 35.5 Å². The average molecular weight is 436 g/mol. The van der Waals surface area contributed by atoms with Crippen LogP contribution in [-0.4, -0.2) is 57.4 Å². The lowest BCUT2D eigenvalue weighted by molar-refractivity contribution is -0.144. The topological polar surface area (TPSA) is 95.4 Å². The van der Waals surface area contributed by atoms with Crippen LogP contribution in [0.25, 0.3) is 10.9 Å².